The van der Waals surface area contributed by atoms with Gasteiger partial charge in [-0.3, -0.25) is 4.79 Å². The molecule has 0 aliphatic carbocycles. The average molecular weight is 328 g/mol. The Morgan fingerprint density at radius 1 is 1.04 bits per heavy atom. The third kappa shape index (κ3) is 4.65. The fourth-order valence-electron chi connectivity index (χ4n) is 2.48. The molecular weight excluding hydrogens is 304 g/mol. The number of carbonyl (C=O) groups excluding carboxylic acids is 1. The molecule has 5 nitrogen and oxygen atoms in total. The molecule has 24 heavy (non-hydrogen) atoms. The van der Waals surface area contributed by atoms with Gasteiger partial charge >= 0.3 is 0 Å². The van der Waals surface area contributed by atoms with E-state index >= 15 is 0 Å². The Morgan fingerprint density at radius 2 is 1.75 bits per heavy atom. The normalized spacial score (nSPS) is 10.1. The summed E-state index contributed by atoms with van der Waals surface area (Å²) in [7, 11) is 3.15. The van der Waals surface area contributed by atoms with Crippen LogP contribution in [0.3, 0.4) is 0 Å². The Labute approximate surface area is 143 Å². The van der Waals surface area contributed by atoms with E-state index in [0.717, 1.165) is 12.2 Å². The quantitative estimate of drug-likeness (QED) is 0.805. The van der Waals surface area contributed by atoms with Gasteiger partial charge in [0.2, 0.25) is 5.91 Å². The van der Waals surface area contributed by atoms with Crippen molar-refractivity contribution in [1.29, 1.82) is 0 Å². The maximum atomic E-state index is 12.2. The number of hydrogen-bond acceptors (Lipinski definition) is 4. The molecule has 128 valence electrons. The monoisotopic (exact) mass is 328 g/mol. The van der Waals surface area contributed by atoms with Gasteiger partial charge in [0.1, 0.15) is 0 Å². The molecule has 0 saturated heterocycles. The smallest absolute Gasteiger partial charge is 0.226 e. The zero-order valence-electron chi connectivity index (χ0n) is 14.4. The molecule has 0 fully saturated rings. The molecule has 5 heteroatoms. The fraction of sp³-hybridized carbons (Fsp3) is 0.316. The van der Waals surface area contributed by atoms with Crippen LogP contribution in [0.25, 0.3) is 0 Å². The van der Waals surface area contributed by atoms with Crippen LogP contribution in [0.1, 0.15) is 13.3 Å². The third-order valence-electron chi connectivity index (χ3n) is 3.78. The lowest BCUT2D eigenvalue weighted by Crippen LogP contribution is -2.27. The topological polar surface area (TPSA) is 50.8 Å². The molecule has 0 aromatic heterocycles. The highest BCUT2D eigenvalue weighted by molar-refractivity contribution is 5.91. The van der Waals surface area contributed by atoms with E-state index in [1.807, 2.05) is 18.2 Å². The number of carbonyl (C=O) groups is 1. The van der Waals surface area contributed by atoms with Gasteiger partial charge in [-0.1, -0.05) is 18.2 Å². The van der Waals surface area contributed by atoms with Crippen molar-refractivity contribution in [2.24, 2.45) is 0 Å². The van der Waals surface area contributed by atoms with E-state index in [1.165, 1.54) is 0 Å². The number of amides is 1. The Bertz CT molecular complexity index is 659. The van der Waals surface area contributed by atoms with Gasteiger partial charge in [-0.25, -0.2) is 0 Å². The molecule has 0 spiro atoms. The van der Waals surface area contributed by atoms with Gasteiger partial charge in [0.15, 0.2) is 11.5 Å². The molecule has 2 aromatic carbocycles. The highest BCUT2D eigenvalue weighted by Gasteiger charge is 2.10. The summed E-state index contributed by atoms with van der Waals surface area (Å²) >= 11 is 0. The number of nitrogens with one attached hydrogen (secondary N) is 1. The number of hydrogen-bond donors (Lipinski definition) is 1. The second-order valence-electron chi connectivity index (χ2n) is 5.28. The number of benzene rings is 2. The summed E-state index contributed by atoms with van der Waals surface area (Å²) in [6.45, 7) is 3.60. The highest BCUT2D eigenvalue weighted by Crippen LogP contribution is 2.29. The number of ether oxygens (including phenoxy) is 2. The van der Waals surface area contributed by atoms with E-state index in [0.29, 0.717) is 30.2 Å². The summed E-state index contributed by atoms with van der Waals surface area (Å²) < 4.78 is 10.4. The van der Waals surface area contributed by atoms with Gasteiger partial charge in [0.05, 0.1) is 14.2 Å². The minimum Gasteiger partial charge on any atom is -0.493 e. The van der Waals surface area contributed by atoms with Crippen LogP contribution in [-0.2, 0) is 4.79 Å². The Balaban J connectivity index is 1.93. The zero-order valence-corrected chi connectivity index (χ0v) is 14.4. The first-order chi connectivity index (χ1) is 11.7. The molecule has 0 atom stereocenters. The summed E-state index contributed by atoms with van der Waals surface area (Å²) in [5, 5.41) is 2.90. The molecule has 0 heterocycles. The average Bonchev–Trinajstić information content (AvgIpc) is 2.63. The molecule has 1 N–H and O–H groups in total. The summed E-state index contributed by atoms with van der Waals surface area (Å²) in [5.74, 6) is 1.20. The molecule has 0 bridgehead atoms. The molecule has 0 aliphatic heterocycles. The van der Waals surface area contributed by atoms with Crippen LogP contribution in [0.2, 0.25) is 0 Å². The van der Waals surface area contributed by atoms with Gasteiger partial charge in [-0.15, -0.1) is 0 Å². The number of nitrogens with zero attached hydrogens (tertiary/aromatic N) is 1. The van der Waals surface area contributed by atoms with Crippen LogP contribution in [0.15, 0.2) is 48.5 Å². The van der Waals surface area contributed by atoms with E-state index in [4.69, 9.17) is 9.47 Å². The lowest BCUT2D eigenvalue weighted by atomic mass is 10.2. The molecule has 2 aromatic rings. The number of methoxy groups -OCH3 is 2. The van der Waals surface area contributed by atoms with Crippen molar-refractivity contribution >= 4 is 17.3 Å². The SMILES string of the molecule is CCN(CCC(=O)Nc1ccc(OC)c(OC)c1)c1ccccc1. The van der Waals surface area contributed by atoms with Gasteiger partial charge < -0.3 is 19.7 Å². The number of anilines is 2. The van der Waals surface area contributed by atoms with Gasteiger partial charge in [0.25, 0.3) is 0 Å². The van der Waals surface area contributed by atoms with E-state index < -0.39 is 0 Å². The van der Waals surface area contributed by atoms with Crippen LogP contribution < -0.4 is 19.7 Å². The van der Waals surface area contributed by atoms with Crippen molar-refractivity contribution in [3.05, 3.63) is 48.5 Å². The largest absolute Gasteiger partial charge is 0.493 e. The first-order valence-electron chi connectivity index (χ1n) is 7.99. The predicted octanol–water partition coefficient (Wildman–Crippen LogP) is 3.56. The van der Waals surface area contributed by atoms with Crippen molar-refractivity contribution < 1.29 is 14.3 Å². The minimum absolute atomic E-state index is 0.0309. The molecular formula is C19H24N2O3. The second kappa shape index (κ2) is 8.82. The standard InChI is InChI=1S/C19H24N2O3/c1-4-21(16-8-6-5-7-9-16)13-12-19(22)20-15-10-11-17(23-2)18(14-15)24-3/h5-11,14H,4,12-13H2,1-3H3,(H,20,22). The predicted molar refractivity (Wildman–Crippen MR) is 97.1 cm³/mol. The van der Waals surface area contributed by atoms with E-state index in [1.54, 1.807) is 32.4 Å². The maximum absolute atomic E-state index is 12.2. The Kier molecular flexibility index (Phi) is 6.49. The fourth-order valence-corrected chi connectivity index (χ4v) is 2.48. The van der Waals surface area contributed by atoms with Crippen LogP contribution in [0.5, 0.6) is 11.5 Å². The van der Waals surface area contributed by atoms with Crippen molar-refractivity contribution in [3.63, 3.8) is 0 Å². The van der Waals surface area contributed by atoms with E-state index in [2.05, 4.69) is 29.3 Å². The summed E-state index contributed by atoms with van der Waals surface area (Å²) in [6, 6.07) is 15.4. The first-order valence-corrected chi connectivity index (χ1v) is 7.99. The van der Waals surface area contributed by atoms with E-state index in [9.17, 15) is 4.79 Å². The Morgan fingerprint density at radius 3 is 2.38 bits per heavy atom. The molecule has 2 rings (SSSR count). The highest BCUT2D eigenvalue weighted by atomic mass is 16.5. The van der Waals surface area contributed by atoms with E-state index in [-0.39, 0.29) is 5.91 Å². The van der Waals surface area contributed by atoms with Crippen molar-refractivity contribution in [3.8, 4) is 11.5 Å². The minimum atomic E-state index is -0.0309. The van der Waals surface area contributed by atoms with Crippen molar-refractivity contribution in [1.82, 2.24) is 0 Å². The lowest BCUT2D eigenvalue weighted by molar-refractivity contribution is -0.116. The van der Waals surface area contributed by atoms with Gasteiger partial charge in [-0.05, 0) is 31.2 Å². The van der Waals surface area contributed by atoms with Crippen molar-refractivity contribution in [2.45, 2.75) is 13.3 Å². The molecule has 0 radical (unpaired) electrons. The Hall–Kier alpha value is -2.69. The summed E-state index contributed by atoms with van der Waals surface area (Å²) in [5.41, 5.74) is 1.82. The molecule has 1 amide bonds. The van der Waals surface area contributed by atoms with Crippen LogP contribution >= 0.6 is 0 Å². The lowest BCUT2D eigenvalue weighted by Gasteiger charge is -2.22. The van der Waals surface area contributed by atoms with Crippen molar-refractivity contribution in [2.75, 3.05) is 37.5 Å². The van der Waals surface area contributed by atoms with Crippen LogP contribution in [0.4, 0.5) is 11.4 Å². The van der Waals surface area contributed by atoms with Gasteiger partial charge in [-0.2, -0.15) is 0 Å². The van der Waals surface area contributed by atoms with Crippen LogP contribution in [-0.4, -0.2) is 33.2 Å². The van der Waals surface area contributed by atoms with Gasteiger partial charge in [0, 0.05) is 37.0 Å². The zero-order chi connectivity index (χ0) is 17.4. The second-order valence-corrected chi connectivity index (χ2v) is 5.28. The van der Waals surface area contributed by atoms with Crippen LogP contribution in [0, 0.1) is 0 Å². The summed E-state index contributed by atoms with van der Waals surface area (Å²) in [6.07, 6.45) is 0.414. The molecule has 0 aliphatic rings. The third-order valence-corrected chi connectivity index (χ3v) is 3.78. The maximum Gasteiger partial charge on any atom is 0.226 e. The first kappa shape index (κ1) is 17.7. The number of para-hydroxylation sites is 1. The summed E-state index contributed by atoms with van der Waals surface area (Å²) in [4.78, 5) is 14.4. The molecule has 0 unspecified atom stereocenters. The number of rotatable bonds is 8. The molecule has 0 saturated carbocycles.